The minimum atomic E-state index is 0.270. The molecule has 0 rings (SSSR count). The zero-order valence-electron chi connectivity index (χ0n) is 5.44. The topological polar surface area (TPSA) is 26.3 Å². The molecule has 0 aromatic carbocycles. The summed E-state index contributed by atoms with van der Waals surface area (Å²) in [6, 6.07) is 0. The van der Waals surface area contributed by atoms with Crippen molar-refractivity contribution in [3.05, 3.63) is 0 Å². The summed E-state index contributed by atoms with van der Waals surface area (Å²) in [7, 11) is 1.60. The lowest BCUT2D eigenvalue weighted by atomic mass is 10.2. The van der Waals surface area contributed by atoms with E-state index in [-0.39, 0.29) is 5.78 Å². The minimum absolute atomic E-state index is 0.270. The molecule has 48 valence electrons. The first-order valence-electron chi connectivity index (χ1n) is 2.82. The summed E-state index contributed by atoms with van der Waals surface area (Å²) < 4.78 is 4.69. The maximum Gasteiger partial charge on any atom is 0.134 e. The van der Waals surface area contributed by atoms with Crippen LogP contribution in [0.15, 0.2) is 0 Å². The maximum atomic E-state index is 10.5. The first-order chi connectivity index (χ1) is 3.81. The summed E-state index contributed by atoms with van der Waals surface area (Å²) in [6.45, 7) is 2.42. The molecule has 0 saturated heterocycles. The van der Waals surface area contributed by atoms with Crippen molar-refractivity contribution in [2.24, 2.45) is 0 Å². The molecule has 0 fully saturated rings. The Morgan fingerprint density at radius 2 is 2.25 bits per heavy atom. The summed E-state index contributed by atoms with van der Waals surface area (Å²) in [6.07, 6.45) is 1.19. The number of ketones is 1. The van der Waals surface area contributed by atoms with Gasteiger partial charge in [-0.2, -0.15) is 0 Å². The Bertz CT molecular complexity index is 68.9. The van der Waals surface area contributed by atoms with E-state index in [4.69, 9.17) is 4.74 Å². The van der Waals surface area contributed by atoms with Crippen LogP contribution in [-0.4, -0.2) is 19.5 Å². The predicted octanol–water partition coefficient (Wildman–Crippen LogP) is 1.00. The Hall–Kier alpha value is -0.370. The third-order valence-electron chi connectivity index (χ3n) is 0.979. The quantitative estimate of drug-likeness (QED) is 0.547. The predicted molar refractivity (Wildman–Crippen MR) is 31.8 cm³/mol. The third kappa shape index (κ3) is 3.81. The molecule has 0 saturated carbocycles. The van der Waals surface area contributed by atoms with Crippen LogP contribution in [0.2, 0.25) is 0 Å². The monoisotopic (exact) mass is 116 g/mol. The zero-order chi connectivity index (χ0) is 6.41. The normalized spacial score (nSPS) is 9.25. The van der Waals surface area contributed by atoms with E-state index in [2.05, 4.69) is 0 Å². The van der Waals surface area contributed by atoms with Gasteiger partial charge in [-0.25, -0.2) is 0 Å². The highest BCUT2D eigenvalue weighted by atomic mass is 16.5. The van der Waals surface area contributed by atoms with Crippen LogP contribution in [0.25, 0.3) is 0 Å². The summed E-state index contributed by atoms with van der Waals surface area (Å²) in [5.41, 5.74) is 0. The Labute approximate surface area is 49.8 Å². The highest BCUT2D eigenvalue weighted by Crippen LogP contribution is 1.87. The van der Waals surface area contributed by atoms with Crippen molar-refractivity contribution in [3.63, 3.8) is 0 Å². The molecule has 0 amide bonds. The lowest BCUT2D eigenvalue weighted by Gasteiger charge is -1.93. The van der Waals surface area contributed by atoms with Gasteiger partial charge in [0.15, 0.2) is 0 Å². The number of ether oxygens (including phenoxy) is 1. The molecule has 0 aliphatic rings. The molecule has 0 radical (unpaired) electrons. The Balaban J connectivity index is 2.99. The largest absolute Gasteiger partial charge is 0.384 e. The van der Waals surface area contributed by atoms with E-state index in [1.165, 1.54) is 0 Å². The van der Waals surface area contributed by atoms with Crippen LogP contribution in [0, 0.1) is 0 Å². The second-order valence-electron chi connectivity index (χ2n) is 1.64. The van der Waals surface area contributed by atoms with Crippen molar-refractivity contribution in [2.45, 2.75) is 19.8 Å². The van der Waals surface area contributed by atoms with Gasteiger partial charge in [-0.1, -0.05) is 6.92 Å². The number of Topliss-reactive ketones (excluding diaryl/α,β-unsaturated/α-hetero) is 1. The van der Waals surface area contributed by atoms with Gasteiger partial charge in [-0.15, -0.1) is 0 Å². The van der Waals surface area contributed by atoms with Gasteiger partial charge < -0.3 is 4.74 Å². The number of carbonyl (C=O) groups is 1. The van der Waals surface area contributed by atoms with Gasteiger partial charge in [0.1, 0.15) is 5.78 Å². The van der Waals surface area contributed by atoms with Gasteiger partial charge in [0, 0.05) is 20.0 Å². The van der Waals surface area contributed by atoms with E-state index in [9.17, 15) is 4.79 Å². The van der Waals surface area contributed by atoms with E-state index in [0.717, 1.165) is 0 Å². The van der Waals surface area contributed by atoms with Gasteiger partial charge in [-0.05, 0) is 0 Å². The molecule has 0 unspecified atom stereocenters. The lowest BCUT2D eigenvalue weighted by Crippen LogP contribution is -1.99. The molecular weight excluding hydrogens is 104 g/mol. The first kappa shape index (κ1) is 7.63. The highest BCUT2D eigenvalue weighted by Gasteiger charge is 1.94. The van der Waals surface area contributed by atoms with Gasteiger partial charge in [0.2, 0.25) is 0 Å². The summed E-state index contributed by atoms with van der Waals surface area (Å²) in [5, 5.41) is 0. The van der Waals surface area contributed by atoms with Crippen LogP contribution in [0.5, 0.6) is 0 Å². The molecule has 0 bridgehead atoms. The van der Waals surface area contributed by atoms with Crippen LogP contribution in [0.1, 0.15) is 19.8 Å². The van der Waals surface area contributed by atoms with E-state index >= 15 is 0 Å². The molecule has 0 aromatic rings. The average Bonchev–Trinajstić information content (AvgIpc) is 1.83. The molecule has 0 atom stereocenters. The molecule has 8 heavy (non-hydrogen) atoms. The summed E-state index contributed by atoms with van der Waals surface area (Å²) in [5.74, 6) is 0.270. The van der Waals surface area contributed by atoms with Crippen molar-refractivity contribution in [2.75, 3.05) is 13.7 Å². The van der Waals surface area contributed by atoms with E-state index in [1.807, 2.05) is 6.92 Å². The molecular formula is C6H12O2. The van der Waals surface area contributed by atoms with Crippen LogP contribution in [0.4, 0.5) is 0 Å². The number of hydrogen-bond donors (Lipinski definition) is 0. The standard InChI is InChI=1S/C6H12O2/c1-3-6(7)4-5-8-2/h3-5H2,1-2H3. The molecule has 0 spiro atoms. The minimum Gasteiger partial charge on any atom is -0.384 e. The van der Waals surface area contributed by atoms with Crippen LogP contribution in [-0.2, 0) is 9.53 Å². The van der Waals surface area contributed by atoms with E-state index in [0.29, 0.717) is 19.4 Å². The molecule has 0 aliphatic carbocycles. The van der Waals surface area contributed by atoms with Gasteiger partial charge in [-0.3, -0.25) is 4.79 Å². The molecule has 2 heteroatoms. The third-order valence-corrected chi connectivity index (χ3v) is 0.979. The zero-order valence-corrected chi connectivity index (χ0v) is 5.44. The molecule has 2 nitrogen and oxygen atoms in total. The van der Waals surface area contributed by atoms with Crippen molar-refractivity contribution in [1.29, 1.82) is 0 Å². The SMILES string of the molecule is CCC(=O)CCOC. The fourth-order valence-corrected chi connectivity index (χ4v) is 0.393. The number of hydrogen-bond acceptors (Lipinski definition) is 2. The first-order valence-corrected chi connectivity index (χ1v) is 2.82. The number of carbonyl (C=O) groups excluding carboxylic acids is 1. The Kier molecular flexibility index (Phi) is 4.56. The molecule has 0 aliphatic heterocycles. The fourth-order valence-electron chi connectivity index (χ4n) is 0.393. The second kappa shape index (κ2) is 4.78. The van der Waals surface area contributed by atoms with Crippen LogP contribution < -0.4 is 0 Å². The Morgan fingerprint density at radius 1 is 1.62 bits per heavy atom. The van der Waals surface area contributed by atoms with Gasteiger partial charge in [0.05, 0.1) is 6.61 Å². The maximum absolute atomic E-state index is 10.5. The highest BCUT2D eigenvalue weighted by molar-refractivity contribution is 5.78. The second-order valence-corrected chi connectivity index (χ2v) is 1.64. The number of methoxy groups -OCH3 is 1. The van der Waals surface area contributed by atoms with Crippen molar-refractivity contribution < 1.29 is 9.53 Å². The smallest absolute Gasteiger partial charge is 0.134 e. The van der Waals surface area contributed by atoms with Crippen molar-refractivity contribution in [3.8, 4) is 0 Å². The molecule has 0 heterocycles. The van der Waals surface area contributed by atoms with Crippen molar-refractivity contribution >= 4 is 5.78 Å². The average molecular weight is 116 g/mol. The van der Waals surface area contributed by atoms with Crippen LogP contribution in [0.3, 0.4) is 0 Å². The summed E-state index contributed by atoms with van der Waals surface area (Å²) in [4.78, 5) is 10.5. The Morgan fingerprint density at radius 3 is 2.62 bits per heavy atom. The van der Waals surface area contributed by atoms with Gasteiger partial charge >= 0.3 is 0 Å². The van der Waals surface area contributed by atoms with Gasteiger partial charge in [0.25, 0.3) is 0 Å². The summed E-state index contributed by atoms with van der Waals surface area (Å²) >= 11 is 0. The van der Waals surface area contributed by atoms with Crippen molar-refractivity contribution in [1.82, 2.24) is 0 Å². The van der Waals surface area contributed by atoms with E-state index in [1.54, 1.807) is 7.11 Å². The molecule has 0 N–H and O–H groups in total. The molecule has 0 aromatic heterocycles. The number of rotatable bonds is 4. The lowest BCUT2D eigenvalue weighted by molar-refractivity contribution is -0.119. The fraction of sp³-hybridized carbons (Fsp3) is 0.833. The van der Waals surface area contributed by atoms with Crippen LogP contribution >= 0.6 is 0 Å². The van der Waals surface area contributed by atoms with E-state index < -0.39 is 0 Å².